The smallest absolute Gasteiger partial charge is 0.340 e. The number of nitrogens with two attached hydrogens (primary N) is 1. The Labute approximate surface area is 166 Å². The van der Waals surface area contributed by atoms with E-state index in [0.717, 1.165) is 5.56 Å². The lowest BCUT2D eigenvalue weighted by Gasteiger charge is -2.36. The lowest BCUT2D eigenvalue weighted by atomic mass is 9.87. The molecule has 7 nitrogen and oxygen atoms in total. The zero-order valence-corrected chi connectivity index (χ0v) is 15.7. The number of pyridine rings is 1. The molecule has 5 N–H and O–H groups in total. The standard InChI is InChI=1S/C20H21F2N5O2/c1-11-4-2-5-13(8-11)25-18-16(19(28)29)12(10-23)9-15(27-18)26-14-6-3-7-20(21,22)17(14)24/h2,4-5,8-9,14,17H,3,6-7,24H2,1H3,(H,28,29)(H2,25,26,27)/t14-,17-/m1/s1. The first kappa shape index (κ1) is 20.5. The summed E-state index contributed by atoms with van der Waals surface area (Å²) in [4.78, 5) is 16.0. The Morgan fingerprint density at radius 1 is 1.41 bits per heavy atom. The highest BCUT2D eigenvalue weighted by atomic mass is 19.3. The number of rotatable bonds is 5. The van der Waals surface area contributed by atoms with Gasteiger partial charge >= 0.3 is 5.97 Å². The molecule has 3 rings (SSSR count). The van der Waals surface area contributed by atoms with Crippen LogP contribution in [0.15, 0.2) is 30.3 Å². The summed E-state index contributed by atoms with van der Waals surface area (Å²) >= 11 is 0. The summed E-state index contributed by atoms with van der Waals surface area (Å²) < 4.78 is 27.9. The molecular formula is C20H21F2N5O2. The Kier molecular flexibility index (Phi) is 5.66. The van der Waals surface area contributed by atoms with Crippen molar-refractivity contribution in [3.05, 3.63) is 47.0 Å². The number of aromatic nitrogens is 1. The maximum atomic E-state index is 13.9. The lowest BCUT2D eigenvalue weighted by molar-refractivity contribution is -0.0554. The van der Waals surface area contributed by atoms with Gasteiger partial charge in [-0.2, -0.15) is 5.26 Å². The first-order chi connectivity index (χ1) is 13.7. The van der Waals surface area contributed by atoms with Gasteiger partial charge in [0.25, 0.3) is 5.92 Å². The molecule has 1 heterocycles. The van der Waals surface area contributed by atoms with Crippen LogP contribution in [0.2, 0.25) is 0 Å². The van der Waals surface area contributed by atoms with Crippen LogP contribution in [-0.4, -0.2) is 34.1 Å². The molecule has 29 heavy (non-hydrogen) atoms. The van der Waals surface area contributed by atoms with Crippen molar-refractivity contribution >= 4 is 23.3 Å². The summed E-state index contributed by atoms with van der Waals surface area (Å²) in [6.07, 6.45) is 0.439. The number of anilines is 3. The predicted molar refractivity (Wildman–Crippen MR) is 105 cm³/mol. The largest absolute Gasteiger partial charge is 0.478 e. The minimum absolute atomic E-state index is 0.0548. The molecular weight excluding hydrogens is 380 g/mol. The van der Waals surface area contributed by atoms with Gasteiger partial charge in [0.1, 0.15) is 23.3 Å². The van der Waals surface area contributed by atoms with Gasteiger partial charge in [0, 0.05) is 18.2 Å². The second-order valence-corrected chi connectivity index (χ2v) is 7.12. The van der Waals surface area contributed by atoms with Crippen LogP contribution in [0.25, 0.3) is 0 Å². The Bertz CT molecular complexity index is 974. The van der Waals surface area contributed by atoms with Gasteiger partial charge in [-0.25, -0.2) is 18.6 Å². The molecule has 1 saturated carbocycles. The van der Waals surface area contributed by atoms with Crippen molar-refractivity contribution in [2.24, 2.45) is 5.73 Å². The number of halogens is 2. The number of carboxylic acid groups (broad SMARTS) is 1. The molecule has 1 fully saturated rings. The third-order valence-corrected chi connectivity index (χ3v) is 4.91. The molecule has 1 aliphatic carbocycles. The number of alkyl halides is 2. The minimum Gasteiger partial charge on any atom is -0.478 e. The van der Waals surface area contributed by atoms with E-state index >= 15 is 0 Å². The molecule has 2 aromatic rings. The van der Waals surface area contributed by atoms with E-state index in [2.05, 4.69) is 15.6 Å². The van der Waals surface area contributed by atoms with Gasteiger partial charge < -0.3 is 21.5 Å². The number of aryl methyl sites for hydroxylation is 1. The minimum atomic E-state index is -3.00. The highest BCUT2D eigenvalue weighted by molar-refractivity contribution is 5.97. The average molecular weight is 401 g/mol. The Balaban J connectivity index is 1.98. The maximum Gasteiger partial charge on any atom is 0.340 e. The number of hydrogen-bond donors (Lipinski definition) is 4. The van der Waals surface area contributed by atoms with E-state index in [9.17, 15) is 23.9 Å². The second-order valence-electron chi connectivity index (χ2n) is 7.12. The zero-order chi connectivity index (χ0) is 21.2. The van der Waals surface area contributed by atoms with Crippen LogP contribution < -0.4 is 16.4 Å². The molecule has 1 aliphatic rings. The number of nitrogens with zero attached hydrogens (tertiary/aromatic N) is 2. The number of nitrogens with one attached hydrogen (secondary N) is 2. The fourth-order valence-electron chi connectivity index (χ4n) is 3.42. The molecule has 0 amide bonds. The van der Waals surface area contributed by atoms with E-state index in [-0.39, 0.29) is 29.2 Å². The van der Waals surface area contributed by atoms with Gasteiger partial charge in [-0.1, -0.05) is 12.1 Å². The summed E-state index contributed by atoms with van der Waals surface area (Å²) in [7, 11) is 0. The van der Waals surface area contributed by atoms with Gasteiger partial charge in [0.05, 0.1) is 11.6 Å². The van der Waals surface area contributed by atoms with Gasteiger partial charge in [0.15, 0.2) is 0 Å². The number of aromatic carboxylic acids is 1. The number of benzene rings is 1. The van der Waals surface area contributed by atoms with Gasteiger partial charge in [-0.15, -0.1) is 0 Å². The summed E-state index contributed by atoms with van der Waals surface area (Å²) in [6, 6.07) is 8.10. The lowest BCUT2D eigenvalue weighted by Crippen LogP contribution is -2.55. The molecule has 0 spiro atoms. The third-order valence-electron chi connectivity index (χ3n) is 4.91. The van der Waals surface area contributed by atoms with Crippen molar-refractivity contribution in [3.63, 3.8) is 0 Å². The van der Waals surface area contributed by atoms with Crippen LogP contribution >= 0.6 is 0 Å². The molecule has 9 heteroatoms. The predicted octanol–water partition coefficient (Wildman–Crippen LogP) is 3.63. The Hall–Kier alpha value is -3.25. The fourth-order valence-corrected chi connectivity index (χ4v) is 3.42. The topological polar surface area (TPSA) is 124 Å². The quantitative estimate of drug-likeness (QED) is 0.603. The highest BCUT2D eigenvalue weighted by Crippen LogP contribution is 2.34. The number of hydrogen-bond acceptors (Lipinski definition) is 6. The number of carboxylic acids is 1. The number of nitriles is 1. The SMILES string of the molecule is Cc1cccc(Nc2nc(N[C@@H]3CCCC(F)(F)[C@@H]3N)cc(C#N)c2C(=O)O)c1. The zero-order valence-electron chi connectivity index (χ0n) is 15.7. The molecule has 0 radical (unpaired) electrons. The monoisotopic (exact) mass is 401 g/mol. The van der Waals surface area contributed by atoms with Crippen molar-refractivity contribution < 1.29 is 18.7 Å². The number of carbonyl (C=O) groups is 1. The van der Waals surface area contributed by atoms with Crippen LogP contribution in [0.4, 0.5) is 26.1 Å². The van der Waals surface area contributed by atoms with Crippen molar-refractivity contribution in [2.45, 2.75) is 44.2 Å². The van der Waals surface area contributed by atoms with Crippen LogP contribution in [0, 0.1) is 18.3 Å². The van der Waals surface area contributed by atoms with Crippen molar-refractivity contribution in [2.75, 3.05) is 10.6 Å². The molecule has 0 aliphatic heterocycles. The first-order valence-electron chi connectivity index (χ1n) is 9.13. The van der Waals surface area contributed by atoms with Crippen molar-refractivity contribution in [3.8, 4) is 6.07 Å². The van der Waals surface area contributed by atoms with E-state index < -0.39 is 24.0 Å². The molecule has 2 atom stereocenters. The van der Waals surface area contributed by atoms with E-state index in [0.29, 0.717) is 18.5 Å². The van der Waals surface area contributed by atoms with Crippen LogP contribution in [0.3, 0.4) is 0 Å². The maximum absolute atomic E-state index is 13.9. The summed E-state index contributed by atoms with van der Waals surface area (Å²) in [5, 5.41) is 24.8. The van der Waals surface area contributed by atoms with Gasteiger partial charge in [-0.05, 0) is 43.5 Å². The summed E-state index contributed by atoms with van der Waals surface area (Å²) in [5.41, 5.74) is 6.81. The summed E-state index contributed by atoms with van der Waals surface area (Å²) in [6.45, 7) is 1.88. The molecule has 1 aromatic heterocycles. The molecule has 1 aromatic carbocycles. The van der Waals surface area contributed by atoms with E-state index in [1.54, 1.807) is 18.2 Å². The third kappa shape index (κ3) is 4.43. The molecule has 0 saturated heterocycles. The van der Waals surface area contributed by atoms with E-state index in [1.165, 1.54) is 6.07 Å². The van der Waals surface area contributed by atoms with Crippen LogP contribution in [0.5, 0.6) is 0 Å². The van der Waals surface area contributed by atoms with Crippen molar-refractivity contribution in [1.29, 1.82) is 5.26 Å². The van der Waals surface area contributed by atoms with Crippen molar-refractivity contribution in [1.82, 2.24) is 4.98 Å². The van der Waals surface area contributed by atoms with Crippen LogP contribution in [-0.2, 0) is 0 Å². The average Bonchev–Trinajstić information content (AvgIpc) is 2.64. The Morgan fingerprint density at radius 2 is 2.17 bits per heavy atom. The Morgan fingerprint density at radius 3 is 2.83 bits per heavy atom. The van der Waals surface area contributed by atoms with Gasteiger partial charge in [0.2, 0.25) is 0 Å². The summed E-state index contributed by atoms with van der Waals surface area (Å²) in [5.74, 6) is -4.27. The second kappa shape index (κ2) is 8.01. The highest BCUT2D eigenvalue weighted by Gasteiger charge is 2.44. The van der Waals surface area contributed by atoms with E-state index in [1.807, 2.05) is 19.1 Å². The normalized spacial score (nSPS) is 20.5. The molecule has 0 bridgehead atoms. The molecule has 0 unspecified atom stereocenters. The first-order valence-corrected chi connectivity index (χ1v) is 9.13. The molecule has 152 valence electrons. The van der Waals surface area contributed by atoms with E-state index in [4.69, 9.17) is 5.73 Å². The van der Waals surface area contributed by atoms with Gasteiger partial charge in [-0.3, -0.25) is 0 Å². The van der Waals surface area contributed by atoms with Crippen LogP contribution in [0.1, 0.15) is 40.7 Å². The fraction of sp³-hybridized carbons (Fsp3) is 0.350.